The van der Waals surface area contributed by atoms with Crippen LogP contribution in [0.1, 0.15) is 51.8 Å². The number of hydrogen-bond acceptors (Lipinski definition) is 3. The van der Waals surface area contributed by atoms with Gasteiger partial charge in [-0.3, -0.25) is 4.79 Å². The van der Waals surface area contributed by atoms with Gasteiger partial charge in [0.1, 0.15) is 0 Å². The van der Waals surface area contributed by atoms with E-state index in [1.807, 2.05) is 6.92 Å². The van der Waals surface area contributed by atoms with Crippen molar-refractivity contribution in [2.24, 2.45) is 11.8 Å². The molecular weight excluding hydrogens is 256 g/mol. The largest absolute Gasteiger partial charge is 0.301 e. The van der Waals surface area contributed by atoms with Gasteiger partial charge in [-0.05, 0) is 38.0 Å². The maximum absolute atomic E-state index is 12.1. The first-order chi connectivity index (χ1) is 8.90. The molecule has 1 aromatic heterocycles. The fourth-order valence-electron chi connectivity index (χ4n) is 1.77. The Morgan fingerprint density at radius 3 is 2.32 bits per heavy atom. The maximum atomic E-state index is 12.1. The van der Waals surface area contributed by atoms with Gasteiger partial charge in [0.25, 0.3) is 5.56 Å². The van der Waals surface area contributed by atoms with Crippen molar-refractivity contribution in [1.82, 2.24) is 9.97 Å². The summed E-state index contributed by atoms with van der Waals surface area (Å²) in [4.78, 5) is 19.5. The number of aryl methyl sites for hydroxylation is 1. The first-order valence-electron chi connectivity index (χ1n) is 7.12. The van der Waals surface area contributed by atoms with Crippen LogP contribution in [-0.2, 0) is 6.42 Å². The number of aromatic nitrogens is 2. The molecule has 0 saturated carbocycles. The van der Waals surface area contributed by atoms with Crippen LogP contribution in [0, 0.1) is 18.8 Å². The molecule has 0 fully saturated rings. The third kappa shape index (κ3) is 5.81. The molecule has 4 heteroatoms. The molecule has 3 nitrogen and oxygen atoms in total. The van der Waals surface area contributed by atoms with Crippen LogP contribution in [0.5, 0.6) is 0 Å². The Morgan fingerprint density at radius 1 is 1.16 bits per heavy atom. The van der Waals surface area contributed by atoms with Gasteiger partial charge in [0.05, 0.1) is 0 Å². The van der Waals surface area contributed by atoms with Gasteiger partial charge in [-0.25, -0.2) is 4.98 Å². The van der Waals surface area contributed by atoms with E-state index < -0.39 is 0 Å². The highest BCUT2D eigenvalue weighted by Gasteiger charge is 2.09. The van der Waals surface area contributed by atoms with Crippen LogP contribution in [0.3, 0.4) is 0 Å². The van der Waals surface area contributed by atoms with E-state index in [0.29, 0.717) is 11.8 Å². The molecule has 0 aliphatic rings. The molecule has 0 spiro atoms. The Balaban J connectivity index is 2.71. The molecule has 0 bridgehead atoms. The second kappa shape index (κ2) is 7.73. The second-order valence-corrected chi connectivity index (χ2v) is 6.98. The first kappa shape index (κ1) is 16.3. The minimum atomic E-state index is 0.0418. The molecule has 0 aromatic carbocycles. The van der Waals surface area contributed by atoms with Gasteiger partial charge < -0.3 is 4.98 Å². The number of nitrogens with zero attached hydrogens (tertiary/aromatic N) is 1. The first-order valence-corrected chi connectivity index (χ1v) is 8.11. The Labute approximate surface area is 120 Å². The van der Waals surface area contributed by atoms with E-state index in [9.17, 15) is 4.79 Å². The summed E-state index contributed by atoms with van der Waals surface area (Å²) in [5.41, 5.74) is 1.78. The number of H-pyrrole nitrogens is 1. The monoisotopic (exact) mass is 282 g/mol. The van der Waals surface area contributed by atoms with Crippen LogP contribution in [-0.4, -0.2) is 15.7 Å². The summed E-state index contributed by atoms with van der Waals surface area (Å²) in [6.07, 6.45) is 3.00. The predicted octanol–water partition coefficient (Wildman–Crippen LogP) is 3.81. The lowest BCUT2D eigenvalue weighted by Gasteiger charge is -2.09. The van der Waals surface area contributed by atoms with Gasteiger partial charge in [0, 0.05) is 17.0 Å². The molecule has 0 atom stereocenters. The van der Waals surface area contributed by atoms with Gasteiger partial charge in [-0.15, -0.1) is 0 Å². The fourth-order valence-corrected chi connectivity index (χ4v) is 2.92. The van der Waals surface area contributed by atoms with Crippen LogP contribution >= 0.6 is 11.8 Å². The molecule has 0 radical (unpaired) electrons. The molecule has 1 heterocycles. The van der Waals surface area contributed by atoms with Crippen molar-refractivity contribution < 1.29 is 0 Å². The van der Waals surface area contributed by atoms with E-state index in [1.54, 1.807) is 11.8 Å². The van der Waals surface area contributed by atoms with E-state index in [-0.39, 0.29) is 5.56 Å². The van der Waals surface area contributed by atoms with Crippen LogP contribution in [0.2, 0.25) is 0 Å². The van der Waals surface area contributed by atoms with Crippen molar-refractivity contribution in [3.63, 3.8) is 0 Å². The summed E-state index contributed by atoms with van der Waals surface area (Å²) < 4.78 is 0. The number of hydrogen-bond donors (Lipinski definition) is 1. The maximum Gasteiger partial charge on any atom is 0.254 e. The number of rotatable bonds is 7. The molecule has 19 heavy (non-hydrogen) atoms. The molecule has 0 aliphatic carbocycles. The standard InChI is InChI=1S/C15H26N2OS/c1-10(2)6-7-13-12(5)16-15(17-14(13)18)19-9-8-11(3)4/h10-11H,6-9H2,1-5H3,(H,16,17,18). The highest BCUT2D eigenvalue weighted by molar-refractivity contribution is 7.99. The third-order valence-electron chi connectivity index (χ3n) is 3.11. The van der Waals surface area contributed by atoms with Crippen molar-refractivity contribution in [3.05, 3.63) is 21.6 Å². The lowest BCUT2D eigenvalue weighted by atomic mass is 10.0. The number of thioether (sulfide) groups is 1. The summed E-state index contributed by atoms with van der Waals surface area (Å²) in [6.45, 7) is 10.7. The molecule has 0 unspecified atom stereocenters. The molecular formula is C15H26N2OS. The average molecular weight is 282 g/mol. The van der Waals surface area contributed by atoms with Crippen LogP contribution in [0.25, 0.3) is 0 Å². The fraction of sp³-hybridized carbons (Fsp3) is 0.733. The molecule has 108 valence electrons. The minimum absolute atomic E-state index is 0.0418. The zero-order valence-corrected chi connectivity index (χ0v) is 13.6. The average Bonchev–Trinajstić information content (AvgIpc) is 2.26. The topological polar surface area (TPSA) is 45.8 Å². The van der Waals surface area contributed by atoms with E-state index in [1.165, 1.54) is 0 Å². The normalized spacial score (nSPS) is 11.5. The van der Waals surface area contributed by atoms with Crippen LogP contribution in [0.15, 0.2) is 9.95 Å². The minimum Gasteiger partial charge on any atom is -0.301 e. The molecule has 0 saturated heterocycles. The number of nitrogens with one attached hydrogen (secondary N) is 1. The van der Waals surface area contributed by atoms with Gasteiger partial charge in [0.15, 0.2) is 5.16 Å². The van der Waals surface area contributed by atoms with Gasteiger partial charge in [0.2, 0.25) is 0 Å². The van der Waals surface area contributed by atoms with Gasteiger partial charge in [-0.1, -0.05) is 39.5 Å². The van der Waals surface area contributed by atoms with Gasteiger partial charge >= 0.3 is 0 Å². The molecule has 1 rings (SSSR count). The quantitative estimate of drug-likeness (QED) is 0.611. The van der Waals surface area contributed by atoms with Crippen molar-refractivity contribution in [1.29, 1.82) is 0 Å². The van der Waals surface area contributed by atoms with Gasteiger partial charge in [-0.2, -0.15) is 0 Å². The SMILES string of the molecule is Cc1nc(SCCC(C)C)[nH]c(=O)c1CCC(C)C. The van der Waals surface area contributed by atoms with Crippen LogP contribution in [0.4, 0.5) is 0 Å². The molecule has 1 N–H and O–H groups in total. The number of aromatic amines is 1. The van der Waals surface area contributed by atoms with E-state index in [2.05, 4.69) is 37.7 Å². The van der Waals surface area contributed by atoms with Crippen molar-refractivity contribution in [3.8, 4) is 0 Å². The zero-order valence-electron chi connectivity index (χ0n) is 12.7. The summed E-state index contributed by atoms with van der Waals surface area (Å²) >= 11 is 1.64. The summed E-state index contributed by atoms with van der Waals surface area (Å²) in [5, 5.41) is 0.761. The zero-order chi connectivity index (χ0) is 14.4. The Hall–Kier alpha value is -0.770. The Kier molecular flexibility index (Phi) is 6.63. The van der Waals surface area contributed by atoms with E-state index in [4.69, 9.17) is 0 Å². The van der Waals surface area contributed by atoms with Crippen LogP contribution < -0.4 is 5.56 Å². The molecule has 0 aliphatic heterocycles. The Bertz CT molecular complexity index is 452. The summed E-state index contributed by atoms with van der Waals surface area (Å²) in [7, 11) is 0. The van der Waals surface area contributed by atoms with Crippen molar-refractivity contribution in [2.75, 3.05) is 5.75 Å². The molecule has 1 aromatic rings. The lowest BCUT2D eigenvalue weighted by Crippen LogP contribution is -2.18. The lowest BCUT2D eigenvalue weighted by molar-refractivity contribution is 0.580. The highest BCUT2D eigenvalue weighted by Crippen LogP contribution is 2.17. The second-order valence-electron chi connectivity index (χ2n) is 5.90. The predicted molar refractivity (Wildman–Crippen MR) is 82.9 cm³/mol. The van der Waals surface area contributed by atoms with E-state index in [0.717, 1.165) is 41.4 Å². The Morgan fingerprint density at radius 2 is 1.79 bits per heavy atom. The van der Waals surface area contributed by atoms with Crippen molar-refractivity contribution in [2.45, 2.75) is 59.0 Å². The summed E-state index contributed by atoms with van der Waals surface area (Å²) in [6, 6.07) is 0. The molecule has 0 amide bonds. The smallest absolute Gasteiger partial charge is 0.254 e. The summed E-state index contributed by atoms with van der Waals surface area (Å²) in [5.74, 6) is 2.30. The van der Waals surface area contributed by atoms with Crippen molar-refractivity contribution >= 4 is 11.8 Å². The van der Waals surface area contributed by atoms with E-state index >= 15 is 0 Å². The third-order valence-corrected chi connectivity index (χ3v) is 4.01. The highest BCUT2D eigenvalue weighted by atomic mass is 32.2.